The fourth-order valence-electron chi connectivity index (χ4n) is 6.31. The first-order valence-electron chi connectivity index (χ1n) is 15.0. The summed E-state index contributed by atoms with van der Waals surface area (Å²) in [5.41, 5.74) is 5.97. The number of fused-ring (bicyclic) bond motifs is 1. The van der Waals surface area contributed by atoms with Crippen molar-refractivity contribution in [1.29, 1.82) is 0 Å². The molecule has 1 amide bonds. The molecule has 0 unspecified atom stereocenters. The van der Waals surface area contributed by atoms with E-state index in [0.29, 0.717) is 11.8 Å². The topological polar surface area (TPSA) is 44.6 Å². The zero-order valence-corrected chi connectivity index (χ0v) is 24.9. The van der Waals surface area contributed by atoms with Crippen LogP contribution < -0.4 is 4.90 Å². The molecule has 0 bridgehead atoms. The van der Waals surface area contributed by atoms with Crippen molar-refractivity contribution < 1.29 is 4.79 Å². The average molecular weight is 570 g/mol. The number of anilines is 1. The minimum absolute atomic E-state index is 0.0507. The van der Waals surface area contributed by atoms with Crippen LogP contribution in [-0.4, -0.2) is 64.5 Å². The van der Waals surface area contributed by atoms with E-state index in [-0.39, 0.29) is 5.92 Å². The smallest absolute Gasteiger partial charge is 0.227 e. The van der Waals surface area contributed by atoms with Crippen LogP contribution in [0.5, 0.6) is 0 Å². The Kier molecular flexibility index (Phi) is 8.31. The third kappa shape index (κ3) is 6.29. The molecule has 6 rings (SSSR count). The Morgan fingerprint density at radius 2 is 1.63 bits per heavy atom. The van der Waals surface area contributed by atoms with E-state index in [1.165, 1.54) is 16.8 Å². The summed E-state index contributed by atoms with van der Waals surface area (Å²) in [7, 11) is 0. The van der Waals surface area contributed by atoms with Crippen LogP contribution in [0.4, 0.5) is 5.69 Å². The number of carbonyl (C=O) groups is 1. The summed E-state index contributed by atoms with van der Waals surface area (Å²) in [5.74, 6) is 1.96. The number of para-hydroxylation sites is 2. The first kappa shape index (κ1) is 27.8. The van der Waals surface area contributed by atoms with Crippen LogP contribution in [0.2, 0.25) is 5.02 Å². The summed E-state index contributed by atoms with van der Waals surface area (Å²) in [6.07, 6.45) is 2.00. The molecule has 0 spiro atoms. The summed E-state index contributed by atoms with van der Waals surface area (Å²) in [4.78, 5) is 25.6. The van der Waals surface area contributed by atoms with Gasteiger partial charge in [0.2, 0.25) is 5.91 Å². The molecule has 2 aliphatic rings. The molecule has 214 valence electrons. The lowest BCUT2D eigenvalue weighted by atomic mass is 9.96. The van der Waals surface area contributed by atoms with Crippen LogP contribution in [0.25, 0.3) is 11.0 Å². The molecule has 0 radical (unpaired) electrons. The Morgan fingerprint density at radius 1 is 0.902 bits per heavy atom. The van der Waals surface area contributed by atoms with E-state index in [9.17, 15) is 4.79 Å². The standard InChI is InChI=1S/C34H40ClN5O/c1-25(2)27-11-15-30(16-12-27)38-18-20-39(21-19-38)34(41)28-6-5-17-37(23-28)24-33-36-31-7-3-4-8-32(31)40(33)22-26-9-13-29(35)14-10-26/h3-4,7-16,25,28H,5-6,17-24H2,1-2H3/t28-/m1/s1. The molecule has 0 N–H and O–H groups in total. The number of hydrogen-bond donors (Lipinski definition) is 0. The molecule has 3 aromatic carbocycles. The minimum atomic E-state index is 0.0507. The van der Waals surface area contributed by atoms with E-state index in [1.54, 1.807) is 0 Å². The molecule has 2 aliphatic heterocycles. The van der Waals surface area contributed by atoms with Gasteiger partial charge in [0.15, 0.2) is 0 Å². The van der Waals surface area contributed by atoms with Crippen molar-refractivity contribution in [2.45, 2.75) is 45.7 Å². The van der Waals surface area contributed by atoms with Gasteiger partial charge in [-0.2, -0.15) is 0 Å². The van der Waals surface area contributed by atoms with E-state index < -0.39 is 0 Å². The molecule has 1 aromatic heterocycles. The predicted octanol–water partition coefficient (Wildman–Crippen LogP) is 6.42. The van der Waals surface area contributed by atoms with Crippen LogP contribution in [0, 0.1) is 5.92 Å². The number of halogens is 1. The van der Waals surface area contributed by atoms with Crippen LogP contribution in [0.1, 0.15) is 49.6 Å². The Morgan fingerprint density at radius 3 is 2.37 bits per heavy atom. The third-order valence-corrected chi connectivity index (χ3v) is 8.98. The van der Waals surface area contributed by atoms with Gasteiger partial charge in [-0.1, -0.05) is 61.8 Å². The van der Waals surface area contributed by atoms with Crippen molar-refractivity contribution in [3.05, 3.63) is 94.8 Å². The lowest BCUT2D eigenvalue weighted by molar-refractivity contribution is -0.137. The number of piperazine rings is 1. The molecule has 2 saturated heterocycles. The second-order valence-electron chi connectivity index (χ2n) is 11.9. The highest BCUT2D eigenvalue weighted by molar-refractivity contribution is 6.30. The highest BCUT2D eigenvalue weighted by Crippen LogP contribution is 2.26. The number of benzene rings is 3. The number of nitrogens with zero attached hydrogens (tertiary/aromatic N) is 5. The van der Waals surface area contributed by atoms with E-state index in [2.05, 4.69) is 87.7 Å². The van der Waals surface area contributed by atoms with Gasteiger partial charge in [0.1, 0.15) is 5.82 Å². The van der Waals surface area contributed by atoms with Crippen molar-refractivity contribution in [1.82, 2.24) is 19.4 Å². The van der Waals surface area contributed by atoms with E-state index in [1.807, 2.05) is 18.2 Å². The van der Waals surface area contributed by atoms with Gasteiger partial charge < -0.3 is 14.4 Å². The number of aromatic nitrogens is 2. The molecule has 2 fully saturated rings. The van der Waals surface area contributed by atoms with Crippen molar-refractivity contribution in [2.24, 2.45) is 5.92 Å². The van der Waals surface area contributed by atoms with E-state index in [0.717, 1.165) is 87.1 Å². The van der Waals surface area contributed by atoms with Gasteiger partial charge in [-0.05, 0) is 72.8 Å². The van der Waals surface area contributed by atoms with E-state index in [4.69, 9.17) is 16.6 Å². The van der Waals surface area contributed by atoms with Crippen LogP contribution >= 0.6 is 11.6 Å². The first-order chi connectivity index (χ1) is 19.9. The molecule has 7 heteroatoms. The molecule has 4 aromatic rings. The Balaban J connectivity index is 1.10. The van der Waals surface area contributed by atoms with Gasteiger partial charge in [0.05, 0.1) is 23.5 Å². The van der Waals surface area contributed by atoms with Gasteiger partial charge >= 0.3 is 0 Å². The Labute approximate surface area is 248 Å². The summed E-state index contributed by atoms with van der Waals surface area (Å²) in [6.45, 7) is 11.1. The van der Waals surface area contributed by atoms with Crippen LogP contribution in [0.15, 0.2) is 72.8 Å². The minimum Gasteiger partial charge on any atom is -0.368 e. The summed E-state index contributed by atoms with van der Waals surface area (Å²) < 4.78 is 2.32. The number of amides is 1. The number of imidazole rings is 1. The quantitative estimate of drug-likeness (QED) is 0.257. The van der Waals surface area contributed by atoms with Crippen molar-refractivity contribution >= 4 is 34.2 Å². The molecular formula is C34H40ClN5O. The number of likely N-dealkylation sites (tertiary alicyclic amines) is 1. The summed E-state index contributed by atoms with van der Waals surface area (Å²) in [5, 5.41) is 0.746. The largest absolute Gasteiger partial charge is 0.368 e. The summed E-state index contributed by atoms with van der Waals surface area (Å²) >= 11 is 6.13. The molecule has 0 saturated carbocycles. The fraction of sp³-hybridized carbons (Fsp3) is 0.412. The first-order valence-corrected chi connectivity index (χ1v) is 15.4. The third-order valence-electron chi connectivity index (χ3n) is 8.72. The monoisotopic (exact) mass is 569 g/mol. The highest BCUT2D eigenvalue weighted by atomic mass is 35.5. The molecule has 3 heterocycles. The Hall–Kier alpha value is -3.35. The zero-order chi connectivity index (χ0) is 28.3. The maximum atomic E-state index is 13.6. The normalized spacial score (nSPS) is 18.4. The van der Waals surface area contributed by atoms with Gasteiger partial charge in [0, 0.05) is 50.0 Å². The summed E-state index contributed by atoms with van der Waals surface area (Å²) in [6, 6.07) is 25.3. The Bertz CT molecular complexity index is 1470. The highest BCUT2D eigenvalue weighted by Gasteiger charge is 2.31. The second-order valence-corrected chi connectivity index (χ2v) is 12.3. The molecule has 1 atom stereocenters. The molecular weight excluding hydrogens is 530 g/mol. The van der Waals surface area contributed by atoms with Crippen LogP contribution in [-0.2, 0) is 17.9 Å². The zero-order valence-electron chi connectivity index (χ0n) is 24.2. The lowest BCUT2D eigenvalue weighted by Gasteiger charge is -2.39. The fourth-order valence-corrected chi connectivity index (χ4v) is 6.43. The number of carbonyl (C=O) groups excluding carboxylic acids is 1. The second kappa shape index (κ2) is 12.3. The van der Waals surface area contributed by atoms with Crippen molar-refractivity contribution in [3.8, 4) is 0 Å². The number of hydrogen-bond acceptors (Lipinski definition) is 4. The van der Waals surface area contributed by atoms with Crippen molar-refractivity contribution in [3.63, 3.8) is 0 Å². The van der Waals surface area contributed by atoms with Gasteiger partial charge in [-0.3, -0.25) is 9.69 Å². The van der Waals surface area contributed by atoms with Crippen molar-refractivity contribution in [2.75, 3.05) is 44.2 Å². The van der Waals surface area contributed by atoms with Gasteiger partial charge in [-0.15, -0.1) is 0 Å². The maximum Gasteiger partial charge on any atom is 0.227 e. The molecule has 41 heavy (non-hydrogen) atoms. The molecule has 0 aliphatic carbocycles. The van der Waals surface area contributed by atoms with E-state index >= 15 is 0 Å². The average Bonchev–Trinajstić information content (AvgIpc) is 3.34. The number of piperidine rings is 1. The van der Waals surface area contributed by atoms with Crippen LogP contribution in [0.3, 0.4) is 0 Å². The SMILES string of the molecule is CC(C)c1ccc(N2CCN(C(=O)[C@@H]3CCCN(Cc4nc5ccccc5n4Cc4ccc(Cl)cc4)C3)CC2)cc1. The predicted molar refractivity (Wildman–Crippen MR) is 168 cm³/mol. The number of rotatable bonds is 7. The molecule has 6 nitrogen and oxygen atoms in total. The lowest BCUT2D eigenvalue weighted by Crippen LogP contribution is -2.52. The van der Waals surface area contributed by atoms with Gasteiger partial charge in [0.25, 0.3) is 0 Å². The maximum absolute atomic E-state index is 13.6. The van der Waals surface area contributed by atoms with Gasteiger partial charge in [-0.25, -0.2) is 4.98 Å².